The zero-order valence-electron chi connectivity index (χ0n) is 13.7. The standard InChI is InChI=1S/C19H26N2O2/c22-19(23-16-12-18-10-6-13-20-15-11-18)21-14-5-4-9-17-7-2-1-3-8-17/h1-3,7-8,11,13H,4-6,9-10,12,14-16H2,(H,21,22). The number of ether oxygens (including phenoxy) is 1. The molecule has 0 aliphatic carbocycles. The van der Waals surface area contributed by atoms with Crippen LogP contribution in [0, 0.1) is 0 Å². The van der Waals surface area contributed by atoms with Crippen molar-refractivity contribution in [1.29, 1.82) is 0 Å². The summed E-state index contributed by atoms with van der Waals surface area (Å²) in [6.07, 6.45) is 9.69. The lowest BCUT2D eigenvalue weighted by Crippen LogP contribution is -2.25. The monoisotopic (exact) mass is 314 g/mol. The minimum Gasteiger partial charge on any atom is -0.449 e. The maximum Gasteiger partial charge on any atom is 0.407 e. The topological polar surface area (TPSA) is 50.7 Å². The van der Waals surface area contributed by atoms with E-state index in [1.807, 2.05) is 12.3 Å². The van der Waals surface area contributed by atoms with E-state index in [1.165, 1.54) is 11.1 Å². The molecule has 0 spiro atoms. The van der Waals surface area contributed by atoms with Crippen LogP contribution in [0.5, 0.6) is 0 Å². The predicted octanol–water partition coefficient (Wildman–Crippen LogP) is 3.92. The van der Waals surface area contributed by atoms with Crippen molar-refractivity contribution in [2.75, 3.05) is 19.7 Å². The molecule has 1 heterocycles. The number of alkyl carbamates (subject to hydrolysis) is 1. The molecule has 1 aromatic rings. The zero-order chi connectivity index (χ0) is 16.2. The van der Waals surface area contributed by atoms with Crippen LogP contribution in [-0.2, 0) is 11.2 Å². The first-order valence-electron chi connectivity index (χ1n) is 8.45. The van der Waals surface area contributed by atoms with Crippen molar-refractivity contribution in [2.24, 2.45) is 4.99 Å². The number of benzene rings is 1. The van der Waals surface area contributed by atoms with Gasteiger partial charge >= 0.3 is 6.09 Å². The molecule has 1 aliphatic heterocycles. The molecule has 4 heteroatoms. The molecule has 1 aromatic carbocycles. The molecule has 23 heavy (non-hydrogen) atoms. The zero-order valence-corrected chi connectivity index (χ0v) is 13.7. The molecule has 124 valence electrons. The van der Waals surface area contributed by atoms with Gasteiger partial charge in [-0.25, -0.2) is 4.79 Å². The molecule has 1 amide bonds. The van der Waals surface area contributed by atoms with E-state index in [0.29, 0.717) is 13.2 Å². The molecule has 0 saturated carbocycles. The Morgan fingerprint density at radius 2 is 2.04 bits per heavy atom. The summed E-state index contributed by atoms with van der Waals surface area (Å²) in [7, 11) is 0. The average Bonchev–Trinajstić information content (AvgIpc) is 2.84. The number of hydrogen-bond acceptors (Lipinski definition) is 3. The van der Waals surface area contributed by atoms with Gasteiger partial charge in [0, 0.05) is 13.0 Å². The van der Waals surface area contributed by atoms with Gasteiger partial charge in [-0.15, -0.1) is 0 Å². The third-order valence-electron chi connectivity index (χ3n) is 3.87. The highest BCUT2D eigenvalue weighted by Crippen LogP contribution is 2.11. The van der Waals surface area contributed by atoms with Crippen LogP contribution in [0.4, 0.5) is 4.79 Å². The van der Waals surface area contributed by atoms with E-state index in [4.69, 9.17) is 4.74 Å². The molecule has 4 nitrogen and oxygen atoms in total. The van der Waals surface area contributed by atoms with E-state index >= 15 is 0 Å². The molecule has 0 bridgehead atoms. The van der Waals surface area contributed by atoms with Crippen LogP contribution >= 0.6 is 0 Å². The molecular formula is C19H26N2O2. The summed E-state index contributed by atoms with van der Waals surface area (Å²) in [4.78, 5) is 15.8. The number of nitrogens with one attached hydrogen (secondary N) is 1. The number of carbonyl (C=O) groups excluding carboxylic acids is 1. The molecule has 0 radical (unpaired) electrons. The Morgan fingerprint density at radius 1 is 1.17 bits per heavy atom. The maximum absolute atomic E-state index is 11.6. The number of nitrogens with zero attached hydrogens (tertiary/aromatic N) is 1. The molecule has 0 saturated heterocycles. The Morgan fingerprint density at radius 3 is 2.91 bits per heavy atom. The number of amides is 1. The van der Waals surface area contributed by atoms with Crippen molar-refractivity contribution in [3.8, 4) is 0 Å². The lowest BCUT2D eigenvalue weighted by Gasteiger charge is -2.08. The first kappa shape index (κ1) is 17.3. The summed E-state index contributed by atoms with van der Waals surface area (Å²) in [5.41, 5.74) is 2.67. The van der Waals surface area contributed by atoms with Crippen LogP contribution in [0.2, 0.25) is 0 Å². The lowest BCUT2D eigenvalue weighted by atomic mass is 10.1. The molecular weight excluding hydrogens is 288 g/mol. The minimum atomic E-state index is -0.310. The molecule has 0 aromatic heterocycles. The fraction of sp³-hybridized carbons (Fsp3) is 0.474. The third-order valence-corrected chi connectivity index (χ3v) is 3.87. The number of hydrogen-bond donors (Lipinski definition) is 1. The smallest absolute Gasteiger partial charge is 0.407 e. The number of aliphatic imine (C=N–C) groups is 1. The number of carbonyl (C=O) groups is 1. The van der Waals surface area contributed by atoms with Gasteiger partial charge in [-0.1, -0.05) is 42.0 Å². The molecule has 1 N–H and O–H groups in total. The largest absolute Gasteiger partial charge is 0.449 e. The van der Waals surface area contributed by atoms with Crippen molar-refractivity contribution >= 4 is 12.3 Å². The summed E-state index contributed by atoms with van der Waals surface area (Å²) in [6, 6.07) is 10.4. The Balaban J connectivity index is 1.48. The number of aryl methyl sites for hydroxylation is 1. The quantitative estimate of drug-likeness (QED) is 0.584. The SMILES string of the molecule is O=C(NCCCCc1ccccc1)OCCC1=CCN=CCC1. The van der Waals surface area contributed by atoms with Gasteiger partial charge in [0.1, 0.15) is 0 Å². The second-order valence-electron chi connectivity index (χ2n) is 5.70. The van der Waals surface area contributed by atoms with Crippen molar-refractivity contribution in [3.05, 3.63) is 47.5 Å². The fourth-order valence-electron chi connectivity index (χ4n) is 2.54. The second-order valence-corrected chi connectivity index (χ2v) is 5.70. The Bertz CT molecular complexity index is 523. The molecule has 2 rings (SSSR count). The summed E-state index contributed by atoms with van der Waals surface area (Å²) in [6.45, 7) is 1.87. The Labute approximate surface area is 138 Å². The van der Waals surface area contributed by atoms with Crippen LogP contribution < -0.4 is 5.32 Å². The highest BCUT2D eigenvalue weighted by Gasteiger charge is 2.04. The average molecular weight is 314 g/mol. The highest BCUT2D eigenvalue weighted by molar-refractivity contribution is 5.67. The van der Waals surface area contributed by atoms with Gasteiger partial charge in [-0.05, 0) is 43.9 Å². The van der Waals surface area contributed by atoms with Gasteiger partial charge in [0.05, 0.1) is 13.2 Å². The van der Waals surface area contributed by atoms with Gasteiger partial charge in [0.2, 0.25) is 0 Å². The third kappa shape index (κ3) is 7.63. The van der Waals surface area contributed by atoms with Crippen LogP contribution in [0.15, 0.2) is 47.0 Å². The first-order chi connectivity index (χ1) is 11.3. The predicted molar refractivity (Wildman–Crippen MR) is 94.0 cm³/mol. The van der Waals surface area contributed by atoms with Gasteiger partial charge in [0.15, 0.2) is 0 Å². The molecule has 0 fully saturated rings. The van der Waals surface area contributed by atoms with Gasteiger partial charge in [-0.3, -0.25) is 4.99 Å². The Kier molecular flexibility index (Phi) is 7.95. The van der Waals surface area contributed by atoms with Gasteiger partial charge in [-0.2, -0.15) is 0 Å². The van der Waals surface area contributed by atoms with Crippen LogP contribution in [0.1, 0.15) is 37.7 Å². The van der Waals surface area contributed by atoms with E-state index in [1.54, 1.807) is 0 Å². The van der Waals surface area contributed by atoms with Crippen LogP contribution in [0.25, 0.3) is 0 Å². The number of rotatable bonds is 8. The van der Waals surface area contributed by atoms with Crippen molar-refractivity contribution in [1.82, 2.24) is 5.32 Å². The minimum absolute atomic E-state index is 0.310. The Hall–Kier alpha value is -2.10. The van der Waals surface area contributed by atoms with Crippen molar-refractivity contribution in [3.63, 3.8) is 0 Å². The van der Waals surface area contributed by atoms with E-state index in [2.05, 4.69) is 40.7 Å². The van der Waals surface area contributed by atoms with E-state index in [-0.39, 0.29) is 6.09 Å². The molecule has 0 atom stereocenters. The van der Waals surface area contributed by atoms with Crippen molar-refractivity contribution in [2.45, 2.75) is 38.5 Å². The van der Waals surface area contributed by atoms with Gasteiger partial charge < -0.3 is 10.1 Å². The number of unbranched alkanes of at least 4 members (excludes halogenated alkanes) is 1. The first-order valence-corrected chi connectivity index (χ1v) is 8.45. The highest BCUT2D eigenvalue weighted by atomic mass is 16.5. The summed E-state index contributed by atoms with van der Waals surface area (Å²) >= 11 is 0. The summed E-state index contributed by atoms with van der Waals surface area (Å²) in [5, 5.41) is 2.81. The van der Waals surface area contributed by atoms with E-state index < -0.39 is 0 Å². The van der Waals surface area contributed by atoms with Crippen LogP contribution in [-0.4, -0.2) is 32.0 Å². The lowest BCUT2D eigenvalue weighted by molar-refractivity contribution is 0.147. The maximum atomic E-state index is 11.6. The second kappa shape index (κ2) is 10.6. The fourth-order valence-corrected chi connectivity index (χ4v) is 2.54. The van der Waals surface area contributed by atoms with Crippen molar-refractivity contribution < 1.29 is 9.53 Å². The molecule has 0 unspecified atom stereocenters. The summed E-state index contributed by atoms with van der Waals surface area (Å²) < 4.78 is 5.22. The van der Waals surface area contributed by atoms with E-state index in [0.717, 1.165) is 45.1 Å². The normalized spacial score (nSPS) is 14.0. The molecule has 1 aliphatic rings. The van der Waals surface area contributed by atoms with Gasteiger partial charge in [0.25, 0.3) is 0 Å². The summed E-state index contributed by atoms with van der Waals surface area (Å²) in [5.74, 6) is 0. The van der Waals surface area contributed by atoms with Crippen LogP contribution in [0.3, 0.4) is 0 Å². The van der Waals surface area contributed by atoms with E-state index in [9.17, 15) is 4.79 Å².